The molecule has 0 spiro atoms. The van der Waals surface area contributed by atoms with E-state index in [2.05, 4.69) is 28.2 Å². The molecule has 0 aliphatic heterocycles. The van der Waals surface area contributed by atoms with Gasteiger partial charge in [0.25, 0.3) is 0 Å². The number of alkyl halides is 1. The van der Waals surface area contributed by atoms with Crippen LogP contribution >= 0.6 is 15.9 Å². The molecule has 2 N–H and O–H groups in total. The third-order valence-corrected chi connectivity index (χ3v) is 0.567. The molecule has 0 aromatic rings. The van der Waals surface area contributed by atoms with E-state index in [1.165, 1.54) is 6.19 Å². The Hall–Kier alpha value is -0.490. The number of halogens is 1. The van der Waals surface area contributed by atoms with Gasteiger partial charge < -0.3 is 5.73 Å². The maximum absolute atomic E-state index is 7.10. The maximum atomic E-state index is 7.10. The number of hydrogen-bond donors (Lipinski definition) is 1. The van der Waals surface area contributed by atoms with Crippen LogP contribution in [0.15, 0.2) is 12.7 Å². The second-order valence-electron chi connectivity index (χ2n) is 0.572. The van der Waals surface area contributed by atoms with Crippen molar-refractivity contribution in [1.82, 2.24) is 0 Å². The van der Waals surface area contributed by atoms with Crippen molar-refractivity contribution in [3.05, 3.63) is 12.7 Å². The molecule has 2 nitrogen and oxygen atoms in total. The van der Waals surface area contributed by atoms with Gasteiger partial charge in [0.15, 0.2) is 6.19 Å². The number of nitrogens with two attached hydrogens (primary N) is 1. The van der Waals surface area contributed by atoms with E-state index in [9.17, 15) is 0 Å². The van der Waals surface area contributed by atoms with Crippen LogP contribution < -0.4 is 5.73 Å². The van der Waals surface area contributed by atoms with E-state index in [0.29, 0.717) is 0 Å². The summed E-state index contributed by atoms with van der Waals surface area (Å²) in [6, 6.07) is 0. The summed E-state index contributed by atoms with van der Waals surface area (Å²) in [5, 5.41) is 7.99. The van der Waals surface area contributed by atoms with E-state index in [1.54, 1.807) is 6.08 Å². The number of allylic oxidation sites excluding steroid dienone is 1. The normalized spacial score (nSPS) is 4.57. The minimum absolute atomic E-state index is 0.896. The van der Waals surface area contributed by atoms with Crippen LogP contribution in [0, 0.1) is 11.5 Å². The fourth-order valence-electron chi connectivity index (χ4n) is 0. The molecule has 3 heteroatoms. The average molecular weight is 163 g/mol. The van der Waals surface area contributed by atoms with Gasteiger partial charge in [-0.2, -0.15) is 5.26 Å². The first-order valence-electron chi connectivity index (χ1n) is 1.60. The average Bonchev–Trinajstić information content (AvgIpc) is 1.69. The molecule has 0 radical (unpaired) electrons. The van der Waals surface area contributed by atoms with Crippen LogP contribution in [0.25, 0.3) is 0 Å². The molecule has 0 aromatic carbocycles. The third kappa shape index (κ3) is 261. The van der Waals surface area contributed by atoms with Crippen molar-refractivity contribution in [3.8, 4) is 6.19 Å². The molecule has 0 aliphatic carbocycles. The van der Waals surface area contributed by atoms with E-state index < -0.39 is 0 Å². The fraction of sp³-hybridized carbons (Fsp3) is 0.250. The molecule has 0 atom stereocenters. The predicted molar refractivity (Wildman–Crippen MR) is 33.8 cm³/mol. The summed E-state index contributed by atoms with van der Waals surface area (Å²) >= 11 is 3.13. The minimum Gasteiger partial charge on any atom is -0.337 e. The van der Waals surface area contributed by atoms with Gasteiger partial charge in [-0.1, -0.05) is 22.0 Å². The highest BCUT2D eigenvalue weighted by Gasteiger charge is 1.47. The lowest BCUT2D eigenvalue weighted by atomic mass is 10.8. The zero-order chi connectivity index (χ0) is 6.12. The lowest BCUT2D eigenvalue weighted by Gasteiger charge is -1.55. The number of hydrogen-bond acceptors (Lipinski definition) is 2. The molecule has 0 aliphatic rings. The second kappa shape index (κ2) is 17.8. The molecule has 0 fully saturated rings. The van der Waals surface area contributed by atoms with Gasteiger partial charge >= 0.3 is 0 Å². The molecule has 40 valence electrons. The van der Waals surface area contributed by atoms with E-state index in [0.717, 1.165) is 5.33 Å². The molecule has 0 amide bonds. The first-order chi connectivity index (χ1) is 3.33. The Kier molecular flexibility index (Phi) is 24.7. The van der Waals surface area contributed by atoms with Crippen LogP contribution in [0.1, 0.15) is 0 Å². The van der Waals surface area contributed by atoms with Gasteiger partial charge in [0.2, 0.25) is 0 Å². The first-order valence-corrected chi connectivity index (χ1v) is 2.72. The fourth-order valence-corrected chi connectivity index (χ4v) is 0. The van der Waals surface area contributed by atoms with Crippen LogP contribution in [0.3, 0.4) is 0 Å². The Labute approximate surface area is 51.8 Å². The topological polar surface area (TPSA) is 49.8 Å². The minimum atomic E-state index is 0.896. The Balaban J connectivity index is 0. The van der Waals surface area contributed by atoms with Gasteiger partial charge in [0, 0.05) is 5.33 Å². The zero-order valence-corrected chi connectivity index (χ0v) is 5.48. The summed E-state index contributed by atoms with van der Waals surface area (Å²) < 4.78 is 0. The van der Waals surface area contributed by atoms with Gasteiger partial charge in [-0.15, -0.1) is 6.58 Å². The van der Waals surface area contributed by atoms with E-state index >= 15 is 0 Å². The Morgan fingerprint density at radius 2 is 2.14 bits per heavy atom. The lowest BCUT2D eigenvalue weighted by molar-refractivity contribution is 1.45. The standard InChI is InChI=1S/C3H5Br.CH2N2/c1-2-3-4;2-1-3/h2H,1,3H2;2H2. The van der Waals surface area contributed by atoms with Gasteiger partial charge in [-0.05, 0) is 0 Å². The predicted octanol–water partition coefficient (Wildman–Crippen LogP) is 0.993. The van der Waals surface area contributed by atoms with Gasteiger partial charge in [0.05, 0.1) is 0 Å². The van der Waals surface area contributed by atoms with Gasteiger partial charge in [-0.3, -0.25) is 0 Å². The zero-order valence-electron chi connectivity index (χ0n) is 3.89. The highest BCUT2D eigenvalue weighted by Crippen LogP contribution is 1.73. The molecule has 0 rings (SSSR count). The monoisotopic (exact) mass is 162 g/mol. The summed E-state index contributed by atoms with van der Waals surface area (Å²) in [5.74, 6) is 0. The molecule has 0 unspecified atom stereocenters. The lowest BCUT2D eigenvalue weighted by Crippen LogP contribution is -1.69. The van der Waals surface area contributed by atoms with Crippen molar-refractivity contribution in [2.75, 3.05) is 5.33 Å². The molecule has 0 saturated heterocycles. The van der Waals surface area contributed by atoms with Crippen LogP contribution in [0.2, 0.25) is 0 Å². The van der Waals surface area contributed by atoms with E-state index in [1.807, 2.05) is 0 Å². The summed E-state index contributed by atoms with van der Waals surface area (Å²) in [6.45, 7) is 3.43. The summed E-state index contributed by atoms with van der Waals surface area (Å²) in [4.78, 5) is 0. The van der Waals surface area contributed by atoms with E-state index in [-0.39, 0.29) is 0 Å². The Morgan fingerprint density at radius 3 is 2.14 bits per heavy atom. The summed E-state index contributed by atoms with van der Waals surface area (Å²) in [5.41, 5.74) is 4.15. The molecular formula is C4H7BrN2. The highest BCUT2D eigenvalue weighted by molar-refractivity contribution is 9.09. The first kappa shape index (κ1) is 9.72. The molecule has 0 saturated carbocycles. The molecule has 0 aromatic heterocycles. The van der Waals surface area contributed by atoms with Gasteiger partial charge in [0.1, 0.15) is 0 Å². The highest BCUT2D eigenvalue weighted by atomic mass is 79.9. The molecular weight excluding hydrogens is 156 g/mol. The summed E-state index contributed by atoms with van der Waals surface area (Å²) in [6.07, 6.45) is 3.04. The maximum Gasteiger partial charge on any atom is 0.173 e. The van der Waals surface area contributed by atoms with Crippen LogP contribution in [-0.2, 0) is 0 Å². The summed E-state index contributed by atoms with van der Waals surface area (Å²) in [7, 11) is 0. The third-order valence-electron chi connectivity index (χ3n) is 0.109. The Bertz CT molecular complexity index is 64.6. The van der Waals surface area contributed by atoms with Crippen LogP contribution in [-0.4, -0.2) is 5.33 Å². The van der Waals surface area contributed by atoms with Crippen molar-refractivity contribution in [3.63, 3.8) is 0 Å². The SMILES string of the molecule is C=CCBr.N#CN. The van der Waals surface area contributed by atoms with Crippen molar-refractivity contribution >= 4 is 15.9 Å². The number of nitriles is 1. The molecule has 7 heavy (non-hydrogen) atoms. The Morgan fingerprint density at radius 1 is 2.00 bits per heavy atom. The van der Waals surface area contributed by atoms with Crippen LogP contribution in [0.4, 0.5) is 0 Å². The van der Waals surface area contributed by atoms with Crippen molar-refractivity contribution < 1.29 is 0 Å². The largest absolute Gasteiger partial charge is 0.337 e. The van der Waals surface area contributed by atoms with Crippen LogP contribution in [0.5, 0.6) is 0 Å². The molecule has 0 bridgehead atoms. The van der Waals surface area contributed by atoms with Crippen molar-refractivity contribution in [1.29, 1.82) is 5.26 Å². The smallest absolute Gasteiger partial charge is 0.173 e. The molecule has 0 heterocycles. The van der Waals surface area contributed by atoms with Crippen molar-refractivity contribution in [2.45, 2.75) is 0 Å². The second-order valence-corrected chi connectivity index (χ2v) is 1.22. The van der Waals surface area contributed by atoms with E-state index in [4.69, 9.17) is 5.26 Å². The quantitative estimate of drug-likeness (QED) is 0.271. The van der Waals surface area contributed by atoms with Gasteiger partial charge in [-0.25, -0.2) is 0 Å². The number of rotatable bonds is 1. The number of nitrogens with zero attached hydrogens (tertiary/aromatic N) is 1. The van der Waals surface area contributed by atoms with Crippen molar-refractivity contribution in [2.24, 2.45) is 5.73 Å².